The number of hydrogen-bond donors (Lipinski definition) is 3. The van der Waals surface area contributed by atoms with E-state index in [9.17, 15) is 24.0 Å². The Morgan fingerprint density at radius 3 is 2.58 bits per heavy atom. The van der Waals surface area contributed by atoms with Gasteiger partial charge in [0.1, 0.15) is 12.6 Å². The smallest absolute Gasteiger partial charge is 0.238 e. The number of hydrogen-bond acceptors (Lipinski definition) is 7. The summed E-state index contributed by atoms with van der Waals surface area (Å²) in [7, 11) is 0. The molecule has 1 aromatic carbocycles. The summed E-state index contributed by atoms with van der Waals surface area (Å²) in [5.74, 6) is -1.52. The van der Waals surface area contributed by atoms with Gasteiger partial charge in [0, 0.05) is 37.4 Å². The third kappa shape index (κ3) is 8.68. The minimum Gasteiger partial charge on any atom is -0.385 e. The number of carbonyl (C=O) groups excluding carboxylic acids is 3. The van der Waals surface area contributed by atoms with Crippen LogP contribution in [0.4, 0.5) is 15.8 Å². The number of carbonyl (C=O) groups is 3. The highest BCUT2D eigenvalue weighted by atomic mass is 32.2. The van der Waals surface area contributed by atoms with Crippen LogP contribution in [0.3, 0.4) is 0 Å². The second-order valence-corrected chi connectivity index (χ2v) is 9.79. The fraction of sp³-hybridized carbons (Fsp3) is 0.600. The van der Waals surface area contributed by atoms with Crippen LogP contribution in [-0.4, -0.2) is 84.1 Å². The molecule has 0 aromatic heterocycles. The van der Waals surface area contributed by atoms with Gasteiger partial charge in [0.15, 0.2) is 0 Å². The van der Waals surface area contributed by atoms with Gasteiger partial charge in [-0.2, -0.15) is 5.26 Å². The molecule has 3 atom stereocenters. The third-order valence-electron chi connectivity index (χ3n) is 6.02. The molecule has 3 unspecified atom stereocenters. The highest BCUT2D eigenvalue weighted by molar-refractivity contribution is 8.01. The number of thioether (sulfide) groups is 1. The fourth-order valence-corrected chi connectivity index (χ4v) is 5.59. The minimum absolute atomic E-state index is 0.00688. The Labute approximate surface area is 217 Å². The van der Waals surface area contributed by atoms with Crippen molar-refractivity contribution < 1.29 is 18.8 Å². The van der Waals surface area contributed by atoms with Crippen LogP contribution in [0, 0.1) is 17.2 Å². The second-order valence-electron chi connectivity index (χ2n) is 8.41. The van der Waals surface area contributed by atoms with E-state index in [1.807, 2.05) is 56.0 Å². The van der Waals surface area contributed by atoms with Gasteiger partial charge in [-0.1, -0.05) is 19.9 Å². The fourth-order valence-electron chi connectivity index (χ4n) is 4.00. The van der Waals surface area contributed by atoms with Gasteiger partial charge in [-0.25, -0.2) is 4.39 Å². The molecule has 3 N–H and O–H groups in total. The van der Waals surface area contributed by atoms with Gasteiger partial charge < -0.3 is 20.9 Å². The van der Waals surface area contributed by atoms with Crippen LogP contribution in [0.5, 0.6) is 0 Å². The molecule has 36 heavy (non-hydrogen) atoms. The van der Waals surface area contributed by atoms with E-state index in [-0.39, 0.29) is 35.4 Å². The summed E-state index contributed by atoms with van der Waals surface area (Å²) in [5, 5.41) is 17.5. The largest absolute Gasteiger partial charge is 0.385 e. The molecular weight excluding hydrogens is 483 g/mol. The molecule has 198 valence electrons. The van der Waals surface area contributed by atoms with Crippen LogP contribution >= 0.6 is 11.8 Å². The van der Waals surface area contributed by atoms with Crippen LogP contribution in [0.2, 0.25) is 0 Å². The Balaban J connectivity index is 1.89. The summed E-state index contributed by atoms with van der Waals surface area (Å²) in [5.41, 5.74) is 1.54. The Hall–Kier alpha value is -2.84. The predicted molar refractivity (Wildman–Crippen MR) is 141 cm³/mol. The van der Waals surface area contributed by atoms with Gasteiger partial charge in [-0.15, -0.1) is 11.8 Å². The average Bonchev–Trinajstić information content (AvgIpc) is 3.18. The lowest BCUT2D eigenvalue weighted by Crippen LogP contribution is -2.38. The van der Waals surface area contributed by atoms with E-state index in [1.54, 1.807) is 4.90 Å². The van der Waals surface area contributed by atoms with Crippen molar-refractivity contribution >= 4 is 40.9 Å². The quantitative estimate of drug-likeness (QED) is 0.325. The highest BCUT2D eigenvalue weighted by Crippen LogP contribution is 2.37. The predicted octanol–water partition coefficient (Wildman–Crippen LogP) is 2.67. The van der Waals surface area contributed by atoms with E-state index < -0.39 is 18.5 Å². The zero-order valence-electron chi connectivity index (χ0n) is 21.3. The standard InChI is InChI=1S/C25H37FN6O3S/c1-4-31(5-2)17-22(33)30-20-9-7-8-19(15-20)28-12-10-21-25(35)32(6-3)23(36-21)14-18(16-27)24(34)29-13-11-26/h7-9,15,18,21,23,28H,4-6,10-14,17H2,1-3H3,(H,29,34)(H,30,33). The molecule has 2 rings (SSSR count). The number of alkyl halides is 1. The van der Waals surface area contributed by atoms with Crippen LogP contribution in [-0.2, 0) is 14.4 Å². The van der Waals surface area contributed by atoms with Gasteiger partial charge >= 0.3 is 0 Å². The van der Waals surface area contributed by atoms with Gasteiger partial charge in [0.05, 0.1) is 23.2 Å². The van der Waals surface area contributed by atoms with Crippen molar-refractivity contribution in [3.63, 3.8) is 0 Å². The highest BCUT2D eigenvalue weighted by Gasteiger charge is 2.40. The SMILES string of the molecule is CCN(CC)CC(=O)Nc1cccc(NCCC2SC(CC(C#N)C(=O)NCCF)N(CC)C2=O)c1. The normalized spacial score (nSPS) is 18.1. The molecule has 1 heterocycles. The number of halogens is 1. The lowest BCUT2D eigenvalue weighted by molar-refractivity contribution is -0.131. The molecule has 9 nitrogen and oxygen atoms in total. The monoisotopic (exact) mass is 520 g/mol. The Morgan fingerprint density at radius 2 is 1.94 bits per heavy atom. The van der Waals surface area contributed by atoms with Crippen molar-refractivity contribution in [3.8, 4) is 6.07 Å². The first-order valence-corrected chi connectivity index (χ1v) is 13.4. The number of rotatable bonds is 15. The first-order chi connectivity index (χ1) is 17.4. The summed E-state index contributed by atoms with van der Waals surface area (Å²) in [6, 6.07) is 9.43. The van der Waals surface area contributed by atoms with Crippen LogP contribution in [0.25, 0.3) is 0 Å². The maximum atomic E-state index is 12.9. The maximum Gasteiger partial charge on any atom is 0.238 e. The lowest BCUT2D eigenvalue weighted by Gasteiger charge is -2.23. The number of nitriles is 1. The first kappa shape index (κ1) is 29.4. The van der Waals surface area contributed by atoms with E-state index >= 15 is 0 Å². The Bertz CT molecular complexity index is 923. The van der Waals surface area contributed by atoms with Crippen molar-refractivity contribution in [1.82, 2.24) is 15.1 Å². The van der Waals surface area contributed by atoms with E-state index in [4.69, 9.17) is 0 Å². The molecule has 0 saturated carbocycles. The van der Waals surface area contributed by atoms with Gasteiger partial charge in [-0.3, -0.25) is 19.3 Å². The Morgan fingerprint density at radius 1 is 1.22 bits per heavy atom. The molecule has 0 spiro atoms. The summed E-state index contributed by atoms with van der Waals surface area (Å²) >= 11 is 1.46. The summed E-state index contributed by atoms with van der Waals surface area (Å²) in [6.07, 6.45) is 0.776. The zero-order chi connectivity index (χ0) is 26.5. The number of nitrogens with one attached hydrogen (secondary N) is 3. The average molecular weight is 521 g/mol. The molecule has 0 aliphatic carbocycles. The van der Waals surface area contributed by atoms with Crippen molar-refractivity contribution in [2.24, 2.45) is 5.92 Å². The summed E-state index contributed by atoms with van der Waals surface area (Å²) in [4.78, 5) is 41.1. The van der Waals surface area contributed by atoms with Crippen LogP contribution in [0.1, 0.15) is 33.6 Å². The van der Waals surface area contributed by atoms with E-state index in [2.05, 4.69) is 16.0 Å². The maximum absolute atomic E-state index is 12.9. The lowest BCUT2D eigenvalue weighted by atomic mass is 10.1. The van der Waals surface area contributed by atoms with Crippen molar-refractivity contribution in [3.05, 3.63) is 24.3 Å². The van der Waals surface area contributed by atoms with Gasteiger partial charge in [-0.05, 0) is 44.6 Å². The third-order valence-corrected chi connectivity index (χ3v) is 7.54. The number of amides is 3. The van der Waals surface area contributed by atoms with E-state index in [0.29, 0.717) is 31.7 Å². The van der Waals surface area contributed by atoms with Gasteiger partial charge in [0.25, 0.3) is 0 Å². The minimum atomic E-state index is -0.938. The number of likely N-dealkylation sites (N-methyl/N-ethyl adjacent to an activating group) is 1. The topological polar surface area (TPSA) is 118 Å². The summed E-state index contributed by atoms with van der Waals surface area (Å²) < 4.78 is 12.4. The van der Waals surface area contributed by atoms with E-state index in [0.717, 1.165) is 18.8 Å². The van der Waals surface area contributed by atoms with Crippen molar-refractivity contribution in [2.45, 2.75) is 44.2 Å². The number of nitrogens with zero attached hydrogens (tertiary/aromatic N) is 3. The molecule has 11 heteroatoms. The van der Waals surface area contributed by atoms with Crippen molar-refractivity contribution in [1.29, 1.82) is 5.26 Å². The zero-order valence-corrected chi connectivity index (χ0v) is 22.1. The first-order valence-electron chi connectivity index (χ1n) is 12.4. The molecular formula is C25H37FN6O3S. The van der Waals surface area contributed by atoms with Crippen LogP contribution < -0.4 is 16.0 Å². The van der Waals surface area contributed by atoms with Crippen LogP contribution in [0.15, 0.2) is 24.3 Å². The molecule has 3 amide bonds. The number of benzene rings is 1. The molecule has 1 fully saturated rings. The molecule has 1 aliphatic heterocycles. The molecule has 0 bridgehead atoms. The van der Waals surface area contributed by atoms with Crippen molar-refractivity contribution in [2.75, 3.05) is 56.6 Å². The second kappa shape index (κ2) is 15.3. The Kier molecular flexibility index (Phi) is 12.5. The molecule has 1 aromatic rings. The summed E-state index contributed by atoms with van der Waals surface area (Å²) in [6.45, 7) is 8.08. The molecule has 0 radical (unpaired) electrons. The molecule has 1 aliphatic rings. The van der Waals surface area contributed by atoms with Gasteiger partial charge in [0.2, 0.25) is 17.7 Å². The number of anilines is 2. The molecule has 1 saturated heterocycles. The van der Waals surface area contributed by atoms with E-state index in [1.165, 1.54) is 11.8 Å².